The summed E-state index contributed by atoms with van der Waals surface area (Å²) in [7, 11) is 6.73. The van der Waals surface area contributed by atoms with Crippen LogP contribution >= 0.6 is 0 Å². The van der Waals surface area contributed by atoms with Crippen LogP contribution in [-0.4, -0.2) is 54.7 Å². The summed E-state index contributed by atoms with van der Waals surface area (Å²) in [5.41, 5.74) is 2.44. The van der Waals surface area contributed by atoms with Gasteiger partial charge in [-0.25, -0.2) is 0 Å². The topological polar surface area (TPSA) is 36.9 Å². The summed E-state index contributed by atoms with van der Waals surface area (Å²) < 4.78 is 21.7. The Labute approximate surface area is 154 Å². The first-order chi connectivity index (χ1) is 11.7. The van der Waals surface area contributed by atoms with Crippen LogP contribution in [0.15, 0.2) is 36.4 Å². The SMILES string of the molecule is COc1cccc(C[Se][Se]Cc2cccc(OC)c2OC)c1OC. The molecule has 0 aliphatic heterocycles. The van der Waals surface area contributed by atoms with E-state index in [0.29, 0.717) is 26.3 Å². The van der Waals surface area contributed by atoms with Crippen molar-refractivity contribution in [3.63, 3.8) is 0 Å². The van der Waals surface area contributed by atoms with E-state index in [9.17, 15) is 0 Å². The van der Waals surface area contributed by atoms with Gasteiger partial charge in [-0.05, 0) is 0 Å². The van der Waals surface area contributed by atoms with E-state index < -0.39 is 0 Å². The minimum atomic E-state index is 0.529. The standard InChI is InChI=1S/C18H22O4Se2/c1-19-15-9-5-7-13(17(15)21-3)11-23-24-12-14-8-6-10-16(20-2)18(14)22-4/h5-10H,11-12H2,1-4H3. The maximum atomic E-state index is 5.50. The second-order valence-corrected chi connectivity index (χ2v) is 12.2. The molecule has 2 aromatic carbocycles. The molecule has 2 rings (SSSR count). The minimum absolute atomic E-state index is 0.529. The van der Waals surface area contributed by atoms with E-state index in [1.165, 1.54) is 11.1 Å². The quantitative estimate of drug-likeness (QED) is 0.426. The summed E-state index contributed by atoms with van der Waals surface area (Å²) in [5, 5.41) is 2.08. The van der Waals surface area contributed by atoms with Crippen molar-refractivity contribution >= 4 is 26.3 Å². The number of rotatable bonds is 9. The average molecular weight is 460 g/mol. The van der Waals surface area contributed by atoms with Gasteiger partial charge >= 0.3 is 155 Å². The predicted octanol–water partition coefficient (Wildman–Crippen LogP) is 2.74. The zero-order chi connectivity index (χ0) is 17.4. The first-order valence-electron chi connectivity index (χ1n) is 7.39. The van der Waals surface area contributed by atoms with E-state index in [1.54, 1.807) is 28.4 Å². The molecule has 0 atom stereocenters. The molecule has 24 heavy (non-hydrogen) atoms. The number of benzene rings is 2. The van der Waals surface area contributed by atoms with Gasteiger partial charge in [-0.1, -0.05) is 0 Å². The molecule has 0 heterocycles. The van der Waals surface area contributed by atoms with Gasteiger partial charge in [-0.2, -0.15) is 0 Å². The van der Waals surface area contributed by atoms with E-state index in [0.717, 1.165) is 33.6 Å². The zero-order valence-electron chi connectivity index (χ0n) is 14.3. The first kappa shape index (κ1) is 19.0. The van der Waals surface area contributed by atoms with Crippen LogP contribution in [0.2, 0.25) is 0 Å². The van der Waals surface area contributed by atoms with Crippen molar-refractivity contribution in [3.8, 4) is 23.0 Å². The number of para-hydroxylation sites is 2. The summed E-state index contributed by atoms with van der Waals surface area (Å²) in [6.45, 7) is 0. The van der Waals surface area contributed by atoms with Gasteiger partial charge in [0.25, 0.3) is 0 Å². The molecule has 0 radical (unpaired) electrons. The molecule has 2 aromatic rings. The van der Waals surface area contributed by atoms with E-state index in [1.807, 2.05) is 24.3 Å². The Morgan fingerprint density at radius 3 is 1.38 bits per heavy atom. The number of methoxy groups -OCH3 is 4. The molecule has 130 valence electrons. The third-order valence-electron chi connectivity index (χ3n) is 3.48. The van der Waals surface area contributed by atoms with Crippen LogP contribution in [-0.2, 0) is 10.6 Å². The molecule has 0 saturated carbocycles. The van der Waals surface area contributed by atoms with E-state index >= 15 is 0 Å². The summed E-state index contributed by atoms with van der Waals surface area (Å²) in [6.07, 6.45) is 0. The van der Waals surface area contributed by atoms with Gasteiger partial charge in [-0.15, -0.1) is 0 Å². The second kappa shape index (κ2) is 9.85. The van der Waals surface area contributed by atoms with E-state index in [4.69, 9.17) is 18.9 Å². The molecule has 0 aromatic heterocycles. The molecule has 0 aliphatic carbocycles. The Morgan fingerprint density at radius 1 is 0.625 bits per heavy atom. The Morgan fingerprint density at radius 2 is 1.04 bits per heavy atom. The van der Waals surface area contributed by atoms with Crippen LogP contribution in [0, 0.1) is 0 Å². The van der Waals surface area contributed by atoms with Crippen LogP contribution in [0.1, 0.15) is 11.1 Å². The van der Waals surface area contributed by atoms with Gasteiger partial charge < -0.3 is 0 Å². The average Bonchev–Trinajstić information content (AvgIpc) is 2.64. The third kappa shape index (κ3) is 4.61. The Balaban J connectivity index is 1.97. The summed E-state index contributed by atoms with van der Waals surface area (Å²) in [6, 6.07) is 12.1. The van der Waals surface area contributed by atoms with Gasteiger partial charge in [0.05, 0.1) is 0 Å². The zero-order valence-corrected chi connectivity index (χ0v) is 17.8. The van der Waals surface area contributed by atoms with Crippen molar-refractivity contribution in [1.29, 1.82) is 0 Å². The monoisotopic (exact) mass is 462 g/mol. The van der Waals surface area contributed by atoms with E-state index in [2.05, 4.69) is 12.1 Å². The molecular weight excluding hydrogens is 438 g/mol. The van der Waals surface area contributed by atoms with Crippen molar-refractivity contribution in [2.24, 2.45) is 0 Å². The normalized spacial score (nSPS) is 10.3. The fourth-order valence-electron chi connectivity index (χ4n) is 2.35. The fourth-order valence-corrected chi connectivity index (χ4v) is 8.77. The van der Waals surface area contributed by atoms with Crippen molar-refractivity contribution in [2.75, 3.05) is 28.4 Å². The van der Waals surface area contributed by atoms with Gasteiger partial charge in [0.1, 0.15) is 0 Å². The molecule has 0 unspecified atom stereocenters. The Kier molecular flexibility index (Phi) is 7.80. The Bertz CT molecular complexity index is 604. The van der Waals surface area contributed by atoms with Crippen molar-refractivity contribution in [1.82, 2.24) is 0 Å². The molecular formula is C18H22O4Se2. The van der Waals surface area contributed by atoms with Gasteiger partial charge in [0, 0.05) is 0 Å². The van der Waals surface area contributed by atoms with E-state index in [-0.39, 0.29) is 0 Å². The number of hydrogen-bond acceptors (Lipinski definition) is 4. The number of ether oxygens (including phenoxy) is 4. The van der Waals surface area contributed by atoms with Gasteiger partial charge in [0.2, 0.25) is 0 Å². The molecule has 4 nitrogen and oxygen atoms in total. The molecule has 0 aliphatic rings. The van der Waals surface area contributed by atoms with Crippen molar-refractivity contribution < 1.29 is 18.9 Å². The third-order valence-corrected chi connectivity index (χ3v) is 10.0. The molecule has 0 bridgehead atoms. The van der Waals surface area contributed by atoms with Crippen molar-refractivity contribution in [2.45, 2.75) is 10.6 Å². The van der Waals surface area contributed by atoms with Gasteiger partial charge in [0.15, 0.2) is 0 Å². The summed E-state index contributed by atoms with van der Waals surface area (Å²) in [5.74, 6) is 3.31. The first-order valence-corrected chi connectivity index (χ1v) is 14.1. The Hall–Kier alpha value is -1.32. The fraction of sp³-hybridized carbons (Fsp3) is 0.333. The van der Waals surface area contributed by atoms with Crippen LogP contribution in [0.4, 0.5) is 0 Å². The summed E-state index contributed by atoms with van der Waals surface area (Å²) >= 11 is 1.06. The van der Waals surface area contributed by atoms with Crippen molar-refractivity contribution in [3.05, 3.63) is 47.5 Å². The molecule has 0 saturated heterocycles. The van der Waals surface area contributed by atoms with Crippen LogP contribution in [0.25, 0.3) is 0 Å². The predicted molar refractivity (Wildman–Crippen MR) is 98.0 cm³/mol. The maximum absolute atomic E-state index is 5.50. The molecule has 6 heteroatoms. The molecule has 0 fully saturated rings. The molecule has 0 spiro atoms. The molecule has 0 N–H and O–H groups in total. The number of hydrogen-bond donors (Lipinski definition) is 0. The van der Waals surface area contributed by atoms with Crippen LogP contribution in [0.3, 0.4) is 0 Å². The second-order valence-electron chi connectivity index (χ2n) is 4.83. The van der Waals surface area contributed by atoms with Gasteiger partial charge in [-0.3, -0.25) is 0 Å². The van der Waals surface area contributed by atoms with Crippen LogP contribution in [0.5, 0.6) is 23.0 Å². The summed E-state index contributed by atoms with van der Waals surface area (Å²) in [4.78, 5) is 0. The van der Waals surface area contributed by atoms with Crippen LogP contribution < -0.4 is 18.9 Å². The molecule has 0 amide bonds.